The van der Waals surface area contributed by atoms with Crippen molar-refractivity contribution in [3.63, 3.8) is 0 Å². The van der Waals surface area contributed by atoms with E-state index in [0.717, 1.165) is 55.1 Å². The molecule has 162 valence electrons. The van der Waals surface area contributed by atoms with Crippen molar-refractivity contribution in [3.05, 3.63) is 67.6 Å². The molecule has 1 fully saturated rings. The van der Waals surface area contributed by atoms with Crippen LogP contribution in [0.2, 0.25) is 20.1 Å². The number of halogens is 4. The summed E-state index contributed by atoms with van der Waals surface area (Å²) in [5.74, 6) is 1.80. The van der Waals surface area contributed by atoms with Crippen LogP contribution in [0.1, 0.15) is 24.0 Å². The molecule has 8 heteroatoms. The van der Waals surface area contributed by atoms with Gasteiger partial charge in [-0.25, -0.2) is 0 Å². The minimum atomic E-state index is 0.0815. The van der Waals surface area contributed by atoms with Gasteiger partial charge in [0.05, 0.1) is 10.0 Å². The molecule has 30 heavy (non-hydrogen) atoms. The molecule has 1 saturated heterocycles. The van der Waals surface area contributed by atoms with Gasteiger partial charge in [0.15, 0.2) is 0 Å². The lowest BCUT2D eigenvalue weighted by Crippen LogP contribution is -2.40. The first-order chi connectivity index (χ1) is 14.4. The van der Waals surface area contributed by atoms with Crippen molar-refractivity contribution < 1.29 is 4.79 Å². The summed E-state index contributed by atoms with van der Waals surface area (Å²) in [5.41, 5.74) is 2.09. The number of amides is 1. The summed E-state index contributed by atoms with van der Waals surface area (Å²) >= 11 is 26.2. The number of carbonyl (C=O) groups is 1. The molecule has 3 rings (SSSR count). The number of piperidine rings is 1. The lowest BCUT2D eigenvalue weighted by Gasteiger charge is -2.31. The number of hydrogen-bond acceptors (Lipinski definition) is 3. The van der Waals surface area contributed by atoms with Gasteiger partial charge in [0.25, 0.3) is 0 Å². The Morgan fingerprint density at radius 2 is 1.70 bits per heavy atom. The van der Waals surface area contributed by atoms with Crippen LogP contribution in [0.25, 0.3) is 0 Å². The van der Waals surface area contributed by atoms with Crippen molar-refractivity contribution in [1.82, 2.24) is 10.2 Å². The molecule has 0 aliphatic carbocycles. The first kappa shape index (κ1) is 24.0. The largest absolute Gasteiger partial charge is 0.355 e. The molecule has 0 bridgehead atoms. The second kappa shape index (κ2) is 11.8. The van der Waals surface area contributed by atoms with Gasteiger partial charge in [-0.1, -0.05) is 58.5 Å². The van der Waals surface area contributed by atoms with E-state index in [-0.39, 0.29) is 11.8 Å². The zero-order chi connectivity index (χ0) is 21.5. The maximum absolute atomic E-state index is 12.5. The quantitative estimate of drug-likeness (QED) is 0.412. The molecule has 0 radical (unpaired) electrons. The van der Waals surface area contributed by atoms with Crippen LogP contribution in [0.3, 0.4) is 0 Å². The number of nitrogens with one attached hydrogen (secondary N) is 1. The molecule has 1 N–H and O–H groups in total. The second-order valence-corrected chi connectivity index (χ2v) is 10.1. The van der Waals surface area contributed by atoms with Crippen LogP contribution >= 0.6 is 58.2 Å². The van der Waals surface area contributed by atoms with Crippen LogP contribution < -0.4 is 5.32 Å². The number of hydrogen-bond donors (Lipinski definition) is 1. The predicted molar refractivity (Wildman–Crippen MR) is 130 cm³/mol. The van der Waals surface area contributed by atoms with Crippen molar-refractivity contribution in [1.29, 1.82) is 0 Å². The average Bonchev–Trinajstić information content (AvgIpc) is 2.73. The number of benzene rings is 2. The molecule has 0 atom stereocenters. The van der Waals surface area contributed by atoms with Crippen molar-refractivity contribution in [3.8, 4) is 0 Å². The minimum Gasteiger partial charge on any atom is -0.355 e. The molecule has 1 amide bonds. The molecule has 0 spiro atoms. The van der Waals surface area contributed by atoms with Gasteiger partial charge in [-0.3, -0.25) is 9.69 Å². The first-order valence-corrected chi connectivity index (χ1v) is 12.6. The second-order valence-electron chi connectivity index (χ2n) is 7.34. The maximum Gasteiger partial charge on any atom is 0.223 e. The molecule has 0 unspecified atom stereocenters. The van der Waals surface area contributed by atoms with E-state index in [4.69, 9.17) is 46.4 Å². The van der Waals surface area contributed by atoms with Crippen LogP contribution in [0.4, 0.5) is 0 Å². The van der Waals surface area contributed by atoms with Crippen LogP contribution in [0.5, 0.6) is 0 Å². The van der Waals surface area contributed by atoms with Gasteiger partial charge in [-0.05, 0) is 61.3 Å². The van der Waals surface area contributed by atoms with Gasteiger partial charge < -0.3 is 5.32 Å². The number of nitrogens with zero attached hydrogens (tertiary/aromatic N) is 1. The average molecular weight is 506 g/mol. The van der Waals surface area contributed by atoms with Crippen molar-refractivity contribution in [2.75, 3.05) is 25.4 Å². The fourth-order valence-corrected chi connectivity index (χ4v) is 5.40. The summed E-state index contributed by atoms with van der Waals surface area (Å²) in [7, 11) is 0. The summed E-state index contributed by atoms with van der Waals surface area (Å²) < 4.78 is 0. The third-order valence-electron chi connectivity index (χ3n) is 5.20. The van der Waals surface area contributed by atoms with Gasteiger partial charge in [0, 0.05) is 40.6 Å². The zero-order valence-corrected chi connectivity index (χ0v) is 20.3. The predicted octanol–water partition coefficient (Wildman–Crippen LogP) is 6.56. The van der Waals surface area contributed by atoms with E-state index in [1.165, 1.54) is 0 Å². The van der Waals surface area contributed by atoms with E-state index in [0.29, 0.717) is 26.6 Å². The molecular formula is C22H24Cl4N2OS. The molecule has 0 saturated carbocycles. The third kappa shape index (κ3) is 6.94. The first-order valence-electron chi connectivity index (χ1n) is 9.88. The number of carbonyl (C=O) groups excluding carboxylic acids is 1. The Morgan fingerprint density at radius 1 is 1.00 bits per heavy atom. The van der Waals surface area contributed by atoms with Crippen molar-refractivity contribution in [2.45, 2.75) is 25.1 Å². The van der Waals surface area contributed by atoms with Crippen LogP contribution in [-0.2, 0) is 17.1 Å². The lowest BCUT2D eigenvalue weighted by molar-refractivity contribution is -0.126. The fraction of sp³-hybridized carbons (Fsp3) is 0.409. The van der Waals surface area contributed by atoms with E-state index in [1.807, 2.05) is 36.4 Å². The highest BCUT2D eigenvalue weighted by atomic mass is 35.5. The van der Waals surface area contributed by atoms with Crippen LogP contribution in [0.15, 0.2) is 36.4 Å². The Labute approximate surface area is 202 Å². The highest BCUT2D eigenvalue weighted by Crippen LogP contribution is 2.28. The molecule has 1 aliphatic rings. The Bertz CT molecular complexity index is 852. The standard InChI is InChI=1S/C22H24Cl4N2OS/c23-18-2-1-3-19(24)17(18)14-30-11-8-27-22(29)16-6-9-28(10-7-16)13-15-4-5-20(25)21(26)12-15/h1-5,12,16H,6-11,13-14H2,(H,27,29). The Morgan fingerprint density at radius 3 is 2.37 bits per heavy atom. The summed E-state index contributed by atoms with van der Waals surface area (Å²) in [4.78, 5) is 14.8. The number of thioether (sulfide) groups is 1. The summed E-state index contributed by atoms with van der Waals surface area (Å²) in [6, 6.07) is 11.3. The van der Waals surface area contributed by atoms with E-state index in [2.05, 4.69) is 10.2 Å². The lowest BCUT2D eigenvalue weighted by atomic mass is 9.95. The molecule has 2 aromatic carbocycles. The Balaban J connectivity index is 1.33. The minimum absolute atomic E-state index is 0.0815. The third-order valence-corrected chi connectivity index (χ3v) is 7.64. The van der Waals surface area contributed by atoms with E-state index in [1.54, 1.807) is 11.8 Å². The van der Waals surface area contributed by atoms with Crippen molar-refractivity contribution in [2.24, 2.45) is 5.92 Å². The number of likely N-dealkylation sites (tertiary alicyclic amines) is 1. The summed E-state index contributed by atoms with van der Waals surface area (Å²) in [5, 5.41) is 5.60. The van der Waals surface area contributed by atoms with Crippen molar-refractivity contribution >= 4 is 64.1 Å². The number of rotatable bonds is 8. The van der Waals surface area contributed by atoms with E-state index in [9.17, 15) is 4.79 Å². The Kier molecular flexibility index (Phi) is 9.49. The maximum atomic E-state index is 12.5. The molecule has 1 heterocycles. The highest BCUT2D eigenvalue weighted by molar-refractivity contribution is 7.98. The van der Waals surface area contributed by atoms with Gasteiger partial charge in [0.1, 0.15) is 0 Å². The van der Waals surface area contributed by atoms with E-state index >= 15 is 0 Å². The van der Waals surface area contributed by atoms with Gasteiger partial charge in [-0.2, -0.15) is 11.8 Å². The van der Waals surface area contributed by atoms with E-state index < -0.39 is 0 Å². The van der Waals surface area contributed by atoms with Gasteiger partial charge in [0.2, 0.25) is 5.91 Å². The monoisotopic (exact) mass is 504 g/mol. The molecular weight excluding hydrogens is 482 g/mol. The van der Waals surface area contributed by atoms with Crippen LogP contribution in [-0.4, -0.2) is 36.2 Å². The van der Waals surface area contributed by atoms with Gasteiger partial charge >= 0.3 is 0 Å². The molecule has 0 aromatic heterocycles. The smallest absolute Gasteiger partial charge is 0.223 e. The highest BCUT2D eigenvalue weighted by Gasteiger charge is 2.24. The molecule has 3 nitrogen and oxygen atoms in total. The topological polar surface area (TPSA) is 32.3 Å². The zero-order valence-electron chi connectivity index (χ0n) is 16.5. The van der Waals surface area contributed by atoms with Crippen LogP contribution in [0, 0.1) is 5.92 Å². The molecule has 1 aliphatic heterocycles. The summed E-state index contributed by atoms with van der Waals surface area (Å²) in [6.45, 7) is 3.28. The Hall–Kier alpha value is -0.620. The SMILES string of the molecule is O=C(NCCSCc1c(Cl)cccc1Cl)C1CCN(Cc2ccc(Cl)c(Cl)c2)CC1. The fourth-order valence-electron chi connectivity index (χ4n) is 3.48. The van der Waals surface area contributed by atoms with Gasteiger partial charge in [-0.15, -0.1) is 0 Å². The normalized spacial score (nSPS) is 15.3. The molecule has 2 aromatic rings. The summed E-state index contributed by atoms with van der Waals surface area (Å²) in [6.07, 6.45) is 1.74.